The maximum atomic E-state index is 12.6. The summed E-state index contributed by atoms with van der Waals surface area (Å²) in [5.41, 5.74) is 3.27. The molecule has 0 amide bonds. The van der Waals surface area contributed by atoms with Gasteiger partial charge >= 0.3 is 0 Å². The zero-order valence-corrected chi connectivity index (χ0v) is 17.8. The number of hydrogen-bond acceptors (Lipinski definition) is 6. The second-order valence-corrected chi connectivity index (χ2v) is 9.04. The van der Waals surface area contributed by atoms with Crippen LogP contribution in [0.1, 0.15) is 27.9 Å². The minimum absolute atomic E-state index is 0.0454. The first-order valence-electron chi connectivity index (χ1n) is 8.79. The van der Waals surface area contributed by atoms with E-state index in [1.807, 2.05) is 12.1 Å². The lowest BCUT2D eigenvalue weighted by Gasteiger charge is -2.12. The van der Waals surface area contributed by atoms with Gasteiger partial charge in [0.25, 0.3) is 0 Å². The molecule has 0 radical (unpaired) electrons. The fourth-order valence-electron chi connectivity index (χ4n) is 3.38. The Morgan fingerprint density at radius 1 is 1.20 bits per heavy atom. The predicted molar refractivity (Wildman–Crippen MR) is 111 cm³/mol. The van der Waals surface area contributed by atoms with E-state index in [0.29, 0.717) is 33.5 Å². The first kappa shape index (κ1) is 21.5. The molecule has 3 aromatic rings. The molecule has 0 saturated carbocycles. The third-order valence-electron chi connectivity index (χ3n) is 4.72. The molecule has 2 heterocycles. The van der Waals surface area contributed by atoms with Gasteiger partial charge in [0, 0.05) is 29.3 Å². The first-order valence-corrected chi connectivity index (χ1v) is 11.1. The Morgan fingerprint density at radius 2 is 1.87 bits per heavy atom. The van der Waals surface area contributed by atoms with Gasteiger partial charge in [-0.15, -0.1) is 0 Å². The van der Waals surface area contributed by atoms with Crippen molar-refractivity contribution in [2.45, 2.75) is 25.1 Å². The lowest BCUT2D eigenvalue weighted by Crippen LogP contribution is -2.12. The van der Waals surface area contributed by atoms with Gasteiger partial charge in [-0.05, 0) is 36.2 Å². The molecule has 0 aliphatic carbocycles. The molecular weight excluding hydrogens is 424 g/mol. The average molecular weight is 441 g/mol. The molecule has 0 fully saturated rings. The zero-order valence-electron chi connectivity index (χ0n) is 16.2. The van der Waals surface area contributed by atoms with Gasteiger partial charge in [-0.2, -0.15) is 10.5 Å². The maximum absolute atomic E-state index is 12.6. The van der Waals surface area contributed by atoms with Crippen LogP contribution in [-0.2, 0) is 23.0 Å². The molecule has 3 rings (SSSR count). The minimum atomic E-state index is -3.75. The zero-order chi connectivity index (χ0) is 22.1. The fourth-order valence-corrected chi connectivity index (χ4v) is 4.66. The number of nitrogens with zero attached hydrogens (tertiary/aromatic N) is 4. The van der Waals surface area contributed by atoms with Crippen LogP contribution in [0, 0.1) is 29.6 Å². The molecule has 0 saturated heterocycles. The third kappa shape index (κ3) is 3.94. The SMILES string of the molecule is Cc1c(-c2ccc(C#N)cc2)c(C#N)c(S(C)(=O)=O)n1Cc1cnc(Cl)c(CO)c1. The van der Waals surface area contributed by atoms with E-state index in [-0.39, 0.29) is 28.9 Å². The topological polar surface area (TPSA) is 120 Å². The van der Waals surface area contributed by atoms with Crippen LogP contribution in [0.3, 0.4) is 0 Å². The van der Waals surface area contributed by atoms with Crippen molar-refractivity contribution in [3.63, 3.8) is 0 Å². The third-order valence-corrected chi connectivity index (χ3v) is 6.19. The van der Waals surface area contributed by atoms with E-state index in [1.165, 1.54) is 6.20 Å². The predicted octanol–water partition coefficient (Wildman–Crippen LogP) is 3.20. The molecule has 9 heteroatoms. The van der Waals surface area contributed by atoms with Crippen molar-refractivity contribution in [2.75, 3.05) is 6.26 Å². The summed E-state index contributed by atoms with van der Waals surface area (Å²) >= 11 is 5.95. The highest BCUT2D eigenvalue weighted by Crippen LogP contribution is 2.35. The molecule has 2 aromatic heterocycles. The molecule has 0 spiro atoms. The molecule has 0 atom stereocenters. The van der Waals surface area contributed by atoms with Crippen molar-refractivity contribution in [3.05, 3.63) is 69.6 Å². The minimum Gasteiger partial charge on any atom is -0.392 e. The number of aliphatic hydroxyl groups is 1. The van der Waals surface area contributed by atoms with Gasteiger partial charge < -0.3 is 9.67 Å². The number of pyridine rings is 1. The number of hydrogen-bond donors (Lipinski definition) is 1. The second kappa shape index (κ2) is 8.29. The molecule has 0 aliphatic heterocycles. The maximum Gasteiger partial charge on any atom is 0.192 e. The van der Waals surface area contributed by atoms with Gasteiger partial charge in [0.15, 0.2) is 14.9 Å². The van der Waals surface area contributed by atoms with Gasteiger partial charge in [-0.3, -0.25) is 0 Å². The highest BCUT2D eigenvalue weighted by molar-refractivity contribution is 7.90. The summed E-state index contributed by atoms with van der Waals surface area (Å²) in [6.07, 6.45) is 2.56. The summed E-state index contributed by atoms with van der Waals surface area (Å²) in [5, 5.41) is 28.3. The normalized spacial score (nSPS) is 11.1. The van der Waals surface area contributed by atoms with Crippen LogP contribution in [0.25, 0.3) is 11.1 Å². The Kier molecular flexibility index (Phi) is 5.95. The summed E-state index contributed by atoms with van der Waals surface area (Å²) in [7, 11) is -3.75. The highest BCUT2D eigenvalue weighted by Gasteiger charge is 2.28. The second-order valence-electron chi connectivity index (χ2n) is 6.75. The highest BCUT2D eigenvalue weighted by atomic mass is 35.5. The van der Waals surface area contributed by atoms with Crippen molar-refractivity contribution >= 4 is 21.4 Å². The number of nitriles is 2. The molecule has 0 bridgehead atoms. The van der Waals surface area contributed by atoms with Crippen LogP contribution in [0.4, 0.5) is 0 Å². The number of aromatic nitrogens is 2. The first-order chi connectivity index (χ1) is 14.2. The monoisotopic (exact) mass is 440 g/mol. The van der Waals surface area contributed by atoms with E-state index in [2.05, 4.69) is 4.98 Å². The molecule has 1 aromatic carbocycles. The molecule has 1 N–H and O–H groups in total. The quantitative estimate of drug-likeness (QED) is 0.608. The fraction of sp³-hybridized carbons (Fsp3) is 0.190. The Hall–Kier alpha value is -3.17. The van der Waals surface area contributed by atoms with Crippen molar-refractivity contribution < 1.29 is 13.5 Å². The number of sulfone groups is 1. The number of halogens is 1. The molecule has 30 heavy (non-hydrogen) atoms. The Labute approximate surface area is 179 Å². The number of rotatable bonds is 5. The van der Waals surface area contributed by atoms with Crippen molar-refractivity contribution in [2.24, 2.45) is 0 Å². The number of aliphatic hydroxyl groups excluding tert-OH is 1. The van der Waals surface area contributed by atoms with Gasteiger partial charge in [0.05, 0.1) is 30.3 Å². The standard InChI is InChI=1S/C21H17ClN4O3S/c1-13-19(16-5-3-14(8-23)4-6-16)18(9-24)21(30(2,28)29)26(13)11-15-7-17(12-27)20(22)25-10-15/h3-7,10,27H,11-12H2,1-2H3. The van der Waals surface area contributed by atoms with E-state index in [9.17, 15) is 18.8 Å². The van der Waals surface area contributed by atoms with E-state index in [4.69, 9.17) is 16.9 Å². The molecule has 0 aliphatic rings. The number of benzene rings is 1. The Bertz CT molecular complexity index is 1310. The summed E-state index contributed by atoms with van der Waals surface area (Å²) in [6, 6.07) is 12.3. The van der Waals surface area contributed by atoms with Crippen molar-refractivity contribution in [1.29, 1.82) is 10.5 Å². The summed E-state index contributed by atoms with van der Waals surface area (Å²) in [5.74, 6) is 0. The lowest BCUT2D eigenvalue weighted by molar-refractivity contribution is 0.281. The van der Waals surface area contributed by atoms with Crippen LogP contribution in [0.2, 0.25) is 5.15 Å². The van der Waals surface area contributed by atoms with E-state index in [0.717, 1.165) is 6.26 Å². The van der Waals surface area contributed by atoms with E-state index >= 15 is 0 Å². The van der Waals surface area contributed by atoms with Gasteiger partial charge in [-0.25, -0.2) is 13.4 Å². The molecule has 7 nitrogen and oxygen atoms in total. The van der Waals surface area contributed by atoms with E-state index < -0.39 is 9.84 Å². The van der Waals surface area contributed by atoms with Crippen LogP contribution in [-0.4, -0.2) is 29.3 Å². The Morgan fingerprint density at radius 3 is 2.40 bits per heavy atom. The summed E-state index contributed by atoms with van der Waals surface area (Å²) in [6.45, 7) is 1.55. The van der Waals surface area contributed by atoms with E-state index in [1.54, 1.807) is 41.8 Å². The molecule has 0 unspecified atom stereocenters. The van der Waals surface area contributed by atoms with Gasteiger partial charge in [0.2, 0.25) is 0 Å². The van der Waals surface area contributed by atoms with Crippen molar-refractivity contribution in [3.8, 4) is 23.3 Å². The molecule has 152 valence electrons. The van der Waals surface area contributed by atoms with Crippen LogP contribution in [0.5, 0.6) is 0 Å². The lowest BCUT2D eigenvalue weighted by atomic mass is 10.0. The molecular formula is C21H17ClN4O3S. The van der Waals surface area contributed by atoms with Crippen LogP contribution >= 0.6 is 11.6 Å². The van der Waals surface area contributed by atoms with Crippen molar-refractivity contribution in [1.82, 2.24) is 9.55 Å². The Balaban J connectivity index is 2.26. The summed E-state index contributed by atoms with van der Waals surface area (Å²) < 4.78 is 26.8. The average Bonchev–Trinajstić information content (AvgIpc) is 3.01. The smallest absolute Gasteiger partial charge is 0.192 e. The van der Waals surface area contributed by atoms with Gasteiger partial charge in [0.1, 0.15) is 11.2 Å². The summed E-state index contributed by atoms with van der Waals surface area (Å²) in [4.78, 5) is 4.04. The van der Waals surface area contributed by atoms with Gasteiger partial charge in [-0.1, -0.05) is 23.7 Å². The largest absolute Gasteiger partial charge is 0.392 e. The van der Waals surface area contributed by atoms with Crippen LogP contribution < -0.4 is 0 Å². The van der Waals surface area contributed by atoms with Crippen LogP contribution in [0.15, 0.2) is 41.6 Å².